The first-order valence-electron chi connectivity index (χ1n) is 7.79. The summed E-state index contributed by atoms with van der Waals surface area (Å²) < 4.78 is 36.1. The van der Waals surface area contributed by atoms with Crippen LogP contribution >= 0.6 is 0 Å². The van der Waals surface area contributed by atoms with Crippen molar-refractivity contribution in [3.05, 3.63) is 47.7 Å². The van der Waals surface area contributed by atoms with Gasteiger partial charge in [-0.1, -0.05) is 0 Å². The van der Waals surface area contributed by atoms with Crippen LogP contribution < -0.4 is 4.72 Å². The van der Waals surface area contributed by atoms with Gasteiger partial charge < -0.3 is 9.15 Å². The molecule has 0 atom stereocenters. The van der Waals surface area contributed by atoms with Gasteiger partial charge in [-0.2, -0.15) is 5.26 Å². The van der Waals surface area contributed by atoms with Crippen molar-refractivity contribution in [2.75, 3.05) is 6.61 Å². The fourth-order valence-corrected chi connectivity index (χ4v) is 3.11. The molecule has 1 aromatic carbocycles. The van der Waals surface area contributed by atoms with E-state index in [1.807, 2.05) is 4.72 Å². The monoisotopic (exact) mass is 388 g/mol. The molecular formula is C18H16N2O6S. The van der Waals surface area contributed by atoms with Gasteiger partial charge in [-0.05, 0) is 43.3 Å². The molecule has 2 aromatic rings. The first-order chi connectivity index (χ1) is 12.8. The molecule has 0 saturated heterocycles. The highest BCUT2D eigenvalue weighted by atomic mass is 32.2. The molecule has 0 saturated carbocycles. The first kappa shape index (κ1) is 19.9. The van der Waals surface area contributed by atoms with E-state index in [1.54, 1.807) is 25.1 Å². The predicted octanol–water partition coefficient (Wildman–Crippen LogP) is 2.24. The van der Waals surface area contributed by atoms with Crippen molar-refractivity contribution in [2.45, 2.75) is 18.7 Å². The standard InChI is InChI=1S/C18H16N2O6S/c1-3-25-18(22)14(11-19)10-15-6-9-17(26-15)13-4-7-16(8-5-13)27(23,24)20-12(2)21/h4-10H,3H2,1-2H3,(H,20,21)/b14-10-. The molecule has 1 amide bonds. The fourth-order valence-electron chi connectivity index (χ4n) is 2.12. The summed E-state index contributed by atoms with van der Waals surface area (Å²) in [6.07, 6.45) is 1.26. The van der Waals surface area contributed by atoms with E-state index in [4.69, 9.17) is 14.4 Å². The van der Waals surface area contributed by atoms with Gasteiger partial charge in [0.05, 0.1) is 11.5 Å². The van der Waals surface area contributed by atoms with Crippen molar-refractivity contribution in [2.24, 2.45) is 0 Å². The van der Waals surface area contributed by atoms with Crippen LogP contribution in [-0.4, -0.2) is 26.9 Å². The van der Waals surface area contributed by atoms with Crippen LogP contribution in [0.3, 0.4) is 0 Å². The molecule has 27 heavy (non-hydrogen) atoms. The Labute approximate surface area is 156 Å². The average molecular weight is 388 g/mol. The summed E-state index contributed by atoms with van der Waals surface area (Å²) in [7, 11) is -3.91. The molecule has 0 radical (unpaired) electrons. The van der Waals surface area contributed by atoms with E-state index in [0.29, 0.717) is 11.3 Å². The second kappa shape index (κ2) is 8.33. The number of nitriles is 1. The molecule has 0 aliphatic carbocycles. The van der Waals surface area contributed by atoms with Gasteiger partial charge in [0.25, 0.3) is 10.0 Å². The molecule has 0 unspecified atom stereocenters. The van der Waals surface area contributed by atoms with Crippen molar-refractivity contribution in [1.29, 1.82) is 5.26 Å². The van der Waals surface area contributed by atoms with Crippen molar-refractivity contribution in [3.8, 4) is 17.4 Å². The Morgan fingerprint density at radius 3 is 2.44 bits per heavy atom. The zero-order valence-corrected chi connectivity index (χ0v) is 15.4. The van der Waals surface area contributed by atoms with Crippen LogP contribution in [0.2, 0.25) is 0 Å². The highest BCUT2D eigenvalue weighted by Gasteiger charge is 2.16. The number of furan rings is 1. The van der Waals surface area contributed by atoms with E-state index in [1.165, 1.54) is 30.3 Å². The van der Waals surface area contributed by atoms with E-state index < -0.39 is 21.9 Å². The van der Waals surface area contributed by atoms with Gasteiger partial charge in [0.1, 0.15) is 23.2 Å². The maximum absolute atomic E-state index is 11.9. The largest absolute Gasteiger partial charge is 0.462 e. The van der Waals surface area contributed by atoms with E-state index in [-0.39, 0.29) is 22.8 Å². The smallest absolute Gasteiger partial charge is 0.349 e. The van der Waals surface area contributed by atoms with Crippen LogP contribution in [-0.2, 0) is 24.3 Å². The molecular weight excluding hydrogens is 372 g/mol. The number of carbonyl (C=O) groups is 2. The van der Waals surface area contributed by atoms with Gasteiger partial charge in [-0.25, -0.2) is 17.9 Å². The molecule has 0 fully saturated rings. The second-order valence-corrected chi connectivity index (χ2v) is 6.96. The van der Waals surface area contributed by atoms with Crippen molar-refractivity contribution < 1.29 is 27.2 Å². The molecule has 1 heterocycles. The van der Waals surface area contributed by atoms with E-state index in [0.717, 1.165) is 6.92 Å². The Kier molecular flexibility index (Phi) is 6.15. The lowest BCUT2D eigenvalue weighted by atomic mass is 10.2. The SMILES string of the molecule is CCOC(=O)/C(C#N)=C\c1ccc(-c2ccc(S(=O)(=O)NC(C)=O)cc2)o1. The first-order valence-corrected chi connectivity index (χ1v) is 9.27. The van der Waals surface area contributed by atoms with Gasteiger partial charge >= 0.3 is 5.97 Å². The number of benzene rings is 1. The second-order valence-electron chi connectivity index (χ2n) is 5.28. The molecule has 140 valence electrons. The summed E-state index contributed by atoms with van der Waals surface area (Å²) in [5.74, 6) is -0.752. The Bertz CT molecular complexity index is 1030. The number of esters is 1. The van der Waals surface area contributed by atoms with Gasteiger partial charge in [-0.3, -0.25) is 4.79 Å². The average Bonchev–Trinajstić information content (AvgIpc) is 3.07. The number of hydrogen-bond donors (Lipinski definition) is 1. The van der Waals surface area contributed by atoms with Crippen molar-refractivity contribution >= 4 is 28.0 Å². The van der Waals surface area contributed by atoms with E-state index in [9.17, 15) is 18.0 Å². The van der Waals surface area contributed by atoms with E-state index in [2.05, 4.69) is 0 Å². The zero-order chi connectivity index (χ0) is 20.0. The summed E-state index contributed by atoms with van der Waals surface area (Å²) in [5.41, 5.74) is 0.376. The lowest BCUT2D eigenvalue weighted by Crippen LogP contribution is -2.28. The summed E-state index contributed by atoms with van der Waals surface area (Å²) in [6.45, 7) is 2.89. The van der Waals surface area contributed by atoms with Crippen LogP contribution in [0, 0.1) is 11.3 Å². The third kappa shape index (κ3) is 5.05. The summed E-state index contributed by atoms with van der Waals surface area (Å²) in [6, 6.07) is 10.6. The number of ether oxygens (including phenoxy) is 1. The molecule has 0 aliphatic heterocycles. The highest BCUT2D eigenvalue weighted by Crippen LogP contribution is 2.25. The minimum absolute atomic E-state index is 0.0674. The minimum Gasteiger partial charge on any atom is -0.462 e. The number of sulfonamides is 1. The molecule has 9 heteroatoms. The van der Waals surface area contributed by atoms with Crippen LogP contribution in [0.4, 0.5) is 0 Å². The number of amides is 1. The lowest BCUT2D eigenvalue weighted by Gasteiger charge is -2.05. The molecule has 0 aliphatic rings. The van der Waals surface area contributed by atoms with Gasteiger partial charge in [0.15, 0.2) is 0 Å². The number of nitrogens with zero attached hydrogens (tertiary/aromatic N) is 1. The summed E-state index contributed by atoms with van der Waals surface area (Å²) in [5, 5.41) is 9.03. The number of nitrogens with one attached hydrogen (secondary N) is 1. The zero-order valence-electron chi connectivity index (χ0n) is 14.6. The summed E-state index contributed by atoms with van der Waals surface area (Å²) in [4.78, 5) is 22.5. The topological polar surface area (TPSA) is 126 Å². The summed E-state index contributed by atoms with van der Waals surface area (Å²) >= 11 is 0. The normalized spacial score (nSPS) is 11.5. The molecule has 1 aromatic heterocycles. The van der Waals surface area contributed by atoms with Crippen LogP contribution in [0.5, 0.6) is 0 Å². The maximum atomic E-state index is 11.9. The number of hydrogen-bond acceptors (Lipinski definition) is 7. The fraction of sp³-hybridized carbons (Fsp3) is 0.167. The van der Waals surface area contributed by atoms with Crippen LogP contribution in [0.1, 0.15) is 19.6 Å². The molecule has 8 nitrogen and oxygen atoms in total. The quantitative estimate of drug-likeness (QED) is 0.457. The van der Waals surface area contributed by atoms with Crippen LogP contribution in [0.25, 0.3) is 17.4 Å². The molecule has 0 bridgehead atoms. The number of rotatable bonds is 6. The van der Waals surface area contributed by atoms with Crippen LogP contribution in [0.15, 0.2) is 51.3 Å². The number of carbonyl (C=O) groups excluding carboxylic acids is 2. The van der Waals surface area contributed by atoms with E-state index >= 15 is 0 Å². The minimum atomic E-state index is -3.91. The van der Waals surface area contributed by atoms with Crippen molar-refractivity contribution in [3.63, 3.8) is 0 Å². The Hall–Kier alpha value is -3.38. The van der Waals surface area contributed by atoms with Gasteiger partial charge in [-0.15, -0.1) is 0 Å². The van der Waals surface area contributed by atoms with Gasteiger partial charge in [0.2, 0.25) is 5.91 Å². The molecule has 2 rings (SSSR count). The van der Waals surface area contributed by atoms with Gasteiger partial charge in [0, 0.05) is 18.6 Å². The Balaban J connectivity index is 2.25. The lowest BCUT2D eigenvalue weighted by molar-refractivity contribution is -0.137. The maximum Gasteiger partial charge on any atom is 0.349 e. The predicted molar refractivity (Wildman–Crippen MR) is 95.4 cm³/mol. The highest BCUT2D eigenvalue weighted by molar-refractivity contribution is 7.90. The molecule has 1 N–H and O–H groups in total. The Morgan fingerprint density at radius 2 is 1.89 bits per heavy atom. The molecule has 0 spiro atoms. The van der Waals surface area contributed by atoms with Crippen molar-refractivity contribution in [1.82, 2.24) is 4.72 Å². The third-order valence-corrected chi connectivity index (χ3v) is 4.71. The third-order valence-electron chi connectivity index (χ3n) is 3.26. The Morgan fingerprint density at radius 1 is 1.22 bits per heavy atom.